The summed E-state index contributed by atoms with van der Waals surface area (Å²) < 4.78 is 51.0. The zero-order chi connectivity index (χ0) is 83.2. The number of nitrogens with one attached hydrogen (secondary N) is 3. The van der Waals surface area contributed by atoms with Crippen LogP contribution in [0.2, 0.25) is 0 Å². The number of nitrogens with two attached hydrogens (primary N) is 1. The number of hydrogen-bond acceptors (Lipinski definition) is 19. The molecule has 5 amide bonds. The summed E-state index contributed by atoms with van der Waals surface area (Å²) in [5.41, 5.74) is -0.145. The van der Waals surface area contributed by atoms with Gasteiger partial charge in [0.05, 0.1) is 38.5 Å². The van der Waals surface area contributed by atoms with Crippen LogP contribution in [0.5, 0.6) is 0 Å². The molecule has 4 aliphatic carbocycles. The highest BCUT2D eigenvalue weighted by atomic mass is 16.6. The van der Waals surface area contributed by atoms with Crippen molar-refractivity contribution >= 4 is 75.5 Å². The lowest BCUT2D eigenvalue weighted by atomic mass is 10.1. The quantitative estimate of drug-likeness (QED) is 0.0501. The van der Waals surface area contributed by atoms with E-state index in [1.807, 2.05) is 159 Å². The zero-order valence-electron chi connectivity index (χ0n) is 70.9. The first kappa shape index (κ1) is 90.1. The van der Waals surface area contributed by atoms with Crippen LogP contribution >= 0.6 is 0 Å². The molecule has 618 valence electrons. The summed E-state index contributed by atoms with van der Waals surface area (Å²) in [6.07, 6.45) is 3.80. The molecule has 2 heterocycles. The summed E-state index contributed by atoms with van der Waals surface area (Å²) in [5, 5.41) is 13.1. The number of esters is 4. The van der Waals surface area contributed by atoms with E-state index in [2.05, 4.69) is 52.3 Å². The van der Waals surface area contributed by atoms with Crippen LogP contribution in [-0.2, 0) is 84.6 Å². The van der Waals surface area contributed by atoms with Crippen LogP contribution in [0, 0.1) is 23.7 Å². The number of likely N-dealkylation sites (tertiary alicyclic amines) is 2. The molecule has 111 heavy (non-hydrogen) atoms. The van der Waals surface area contributed by atoms with Crippen molar-refractivity contribution in [3.8, 4) is 0 Å². The van der Waals surface area contributed by atoms with Gasteiger partial charge in [0.25, 0.3) is 0 Å². The number of fused-ring (bicyclic) bond motifs is 2. The van der Waals surface area contributed by atoms with Gasteiger partial charge in [0, 0.05) is 14.3 Å². The van der Waals surface area contributed by atoms with Crippen LogP contribution in [0.1, 0.15) is 250 Å². The Bertz CT molecular complexity index is 3790. The molecular formula is C87H132N6O18. The zero-order valence-corrected chi connectivity index (χ0v) is 70.9. The second-order valence-corrected chi connectivity index (χ2v) is 37.7. The van der Waals surface area contributed by atoms with Gasteiger partial charge in [0.1, 0.15) is 73.4 Å². The molecule has 0 aromatic heterocycles. The lowest BCUT2D eigenvalue weighted by molar-refractivity contribution is -0.161. The number of rotatable bonds is 19. The van der Waals surface area contributed by atoms with E-state index in [-0.39, 0.29) is 68.2 Å². The molecule has 24 heteroatoms. The fraction of sp³-hybridized carbons (Fsp3) is 0.667. The topological polar surface area (TPSA) is 305 Å². The first-order valence-corrected chi connectivity index (χ1v) is 39.7. The third-order valence-electron chi connectivity index (χ3n) is 20.0. The number of benzene rings is 4. The summed E-state index contributed by atoms with van der Waals surface area (Å²) in [7, 11) is 0. The van der Waals surface area contributed by atoms with Crippen molar-refractivity contribution in [3.63, 3.8) is 0 Å². The highest BCUT2D eigenvalue weighted by Gasteiger charge is 2.65. The predicted molar refractivity (Wildman–Crippen MR) is 428 cm³/mol. The SMILES string of the molecule is CC[C@@H]1C[C@]1(N)C(=O)OC(C)(C)C.CC[C@@H]1C[C@]1(NC(=O)OC(C)(C)C)C(=O)OC(C)(C)C.CC[C@@H]1C[C@]1(NC(=O)[C@@H]1C[C@@H](OCc2cccc3ccccc23)CN1C(=O)OC(C)(C)C)C(=O)OC(C)(C)C.CC[C@@H]1C[C@]1(NC(=O)[C@@H]1C[C@@H](OCc2cccc3ccccc23)CN1C(=O)OC(C)(C)C)C(=O)OC(C)(C)C.[HH]. The van der Waals surface area contributed by atoms with Gasteiger partial charge in [0.2, 0.25) is 11.8 Å². The third kappa shape index (κ3) is 25.0. The van der Waals surface area contributed by atoms with Crippen molar-refractivity contribution < 1.29 is 87.2 Å². The first-order valence-electron chi connectivity index (χ1n) is 39.7. The Kier molecular flexibility index (Phi) is 28.2. The number of amides is 5. The molecule has 12 atom stereocenters. The Hall–Kier alpha value is -8.09. The maximum Gasteiger partial charge on any atom is 0.411 e. The standard InChI is InChI=1S/2C31H42N2O6.C15H27NO4.C10H19NO2.H2/c2*1-8-22-17-31(22,27(35)38-29(2,3)4)32-26(34)25-16-23(18-33(25)28(36)39-30(5,6)7)37-19-21-14-11-13-20-12-9-10-15-24(20)21;1-8-10-9-15(10,11(17)19-13(2,3)4)16-12(18)20-14(5,6)7;1-5-7-6-10(7,11)8(12)13-9(2,3)4;/h2*9-15,22-23,25H,8,16-19H2,1-7H3,(H,32,34);10H,8-9H2,1-7H3,(H,16,18);7H,5-6,11H2,1-4H3;1H/t2*22-,23-,25+,31-;10-,15-;7-,10-;/m1111./s1. The average molecular weight is 1550 g/mol. The number of carbonyl (C=O) groups is 9. The highest BCUT2D eigenvalue weighted by Crippen LogP contribution is 2.51. The molecule has 0 radical (unpaired) electrons. The number of alkyl carbamates (subject to hydrolysis) is 1. The second-order valence-electron chi connectivity index (χ2n) is 37.7. The molecule has 2 saturated heterocycles. The summed E-state index contributed by atoms with van der Waals surface area (Å²) >= 11 is 0. The van der Waals surface area contributed by atoms with E-state index in [0.29, 0.717) is 51.2 Å². The van der Waals surface area contributed by atoms with E-state index in [9.17, 15) is 43.2 Å². The minimum Gasteiger partial charge on any atom is -0.459 e. The van der Waals surface area contributed by atoms with Gasteiger partial charge in [0.15, 0.2) is 0 Å². The van der Waals surface area contributed by atoms with E-state index >= 15 is 0 Å². The fourth-order valence-corrected chi connectivity index (χ4v) is 14.1. The molecule has 0 bridgehead atoms. The van der Waals surface area contributed by atoms with Crippen LogP contribution in [0.3, 0.4) is 0 Å². The first-order chi connectivity index (χ1) is 51.1. The van der Waals surface area contributed by atoms with E-state index in [0.717, 1.165) is 64.8 Å². The number of nitrogens with zero attached hydrogens (tertiary/aromatic N) is 2. The van der Waals surface area contributed by atoms with Crippen molar-refractivity contribution in [1.29, 1.82) is 0 Å². The van der Waals surface area contributed by atoms with Crippen molar-refractivity contribution in [2.75, 3.05) is 13.1 Å². The Morgan fingerprint density at radius 2 is 0.685 bits per heavy atom. The average Bonchev–Trinajstić information content (AvgIpc) is 1.60. The molecule has 6 fully saturated rings. The van der Waals surface area contributed by atoms with Crippen LogP contribution in [0.25, 0.3) is 21.5 Å². The molecule has 5 N–H and O–H groups in total. The molecule has 10 rings (SSSR count). The molecule has 4 aromatic rings. The summed E-state index contributed by atoms with van der Waals surface area (Å²) in [6.45, 7) is 47.1. The van der Waals surface area contributed by atoms with Gasteiger partial charge in [-0.15, -0.1) is 0 Å². The summed E-state index contributed by atoms with van der Waals surface area (Å²) in [6, 6.07) is 26.7. The maximum absolute atomic E-state index is 13.7. The lowest BCUT2D eigenvalue weighted by Crippen LogP contribution is -2.54. The molecule has 4 aromatic carbocycles. The smallest absolute Gasteiger partial charge is 0.411 e. The molecular weight excluding hydrogens is 1420 g/mol. The molecule has 4 saturated carbocycles. The van der Waals surface area contributed by atoms with Crippen LogP contribution < -0.4 is 21.7 Å². The Labute approximate surface area is 660 Å². The van der Waals surface area contributed by atoms with E-state index in [1.165, 1.54) is 9.80 Å². The minimum atomic E-state index is -1.07. The van der Waals surface area contributed by atoms with Crippen LogP contribution in [0.4, 0.5) is 14.4 Å². The van der Waals surface area contributed by atoms with Crippen LogP contribution in [0.15, 0.2) is 84.9 Å². The Morgan fingerprint density at radius 3 is 0.982 bits per heavy atom. The van der Waals surface area contributed by atoms with Gasteiger partial charge in [-0.05, 0) is 227 Å². The number of carbonyl (C=O) groups excluding carboxylic acids is 9. The van der Waals surface area contributed by atoms with Gasteiger partial charge in [-0.1, -0.05) is 138 Å². The Balaban J connectivity index is 0.000000251. The van der Waals surface area contributed by atoms with E-state index in [1.54, 1.807) is 62.3 Å². The molecule has 6 aliphatic rings. The highest BCUT2D eigenvalue weighted by molar-refractivity contribution is 5.96. The fourth-order valence-electron chi connectivity index (χ4n) is 14.1. The largest absolute Gasteiger partial charge is 0.459 e. The van der Waals surface area contributed by atoms with Gasteiger partial charge in [-0.2, -0.15) is 0 Å². The molecule has 24 nitrogen and oxygen atoms in total. The van der Waals surface area contributed by atoms with E-state index < -0.39 is 104 Å². The normalized spacial score (nSPS) is 26.0. The minimum absolute atomic E-state index is 0. The van der Waals surface area contributed by atoms with Gasteiger partial charge in [-0.3, -0.25) is 24.2 Å². The third-order valence-corrected chi connectivity index (χ3v) is 20.0. The molecule has 0 unspecified atom stereocenters. The number of ether oxygens (including phenoxy) is 9. The monoisotopic (exact) mass is 1550 g/mol. The Morgan fingerprint density at radius 1 is 0.387 bits per heavy atom. The number of hydrogen-bond donors (Lipinski definition) is 4. The maximum atomic E-state index is 13.7. The van der Waals surface area contributed by atoms with Crippen molar-refractivity contribution in [2.24, 2.45) is 29.4 Å². The van der Waals surface area contributed by atoms with Gasteiger partial charge >= 0.3 is 42.2 Å². The van der Waals surface area contributed by atoms with Crippen molar-refractivity contribution in [1.82, 2.24) is 25.8 Å². The lowest BCUT2D eigenvalue weighted by Gasteiger charge is -2.30. The molecule has 2 aliphatic heterocycles. The molecule has 0 spiro atoms. The van der Waals surface area contributed by atoms with Crippen molar-refractivity contribution in [2.45, 2.75) is 336 Å². The van der Waals surface area contributed by atoms with Crippen LogP contribution in [-0.4, -0.2) is 163 Å². The van der Waals surface area contributed by atoms with E-state index in [4.69, 9.17) is 48.4 Å². The summed E-state index contributed by atoms with van der Waals surface area (Å²) in [5.74, 6) is -1.83. The second kappa shape index (κ2) is 34.7. The van der Waals surface area contributed by atoms with Gasteiger partial charge < -0.3 is 64.3 Å². The van der Waals surface area contributed by atoms with Crippen molar-refractivity contribution in [3.05, 3.63) is 96.1 Å². The van der Waals surface area contributed by atoms with Gasteiger partial charge in [-0.25, -0.2) is 28.8 Å². The summed E-state index contributed by atoms with van der Waals surface area (Å²) in [4.78, 5) is 119. The predicted octanol–water partition coefficient (Wildman–Crippen LogP) is 15.4.